The highest BCUT2D eigenvalue weighted by atomic mass is 79.9. The number of halogens is 1. The van der Waals surface area contributed by atoms with Gasteiger partial charge in [-0.15, -0.1) is 0 Å². The smallest absolute Gasteiger partial charge is 0.410 e. The molecule has 148 valence electrons. The summed E-state index contributed by atoms with van der Waals surface area (Å²) in [6.07, 6.45) is 0.590. The monoisotopic (exact) mass is 456 g/mol. The summed E-state index contributed by atoms with van der Waals surface area (Å²) in [6.45, 7) is 7.46. The van der Waals surface area contributed by atoms with Crippen LogP contribution in [0.5, 0.6) is 0 Å². The summed E-state index contributed by atoms with van der Waals surface area (Å²) >= 11 is 8.51. The maximum Gasteiger partial charge on any atom is 0.410 e. The maximum absolute atomic E-state index is 12.1. The van der Waals surface area contributed by atoms with E-state index in [0.717, 1.165) is 10.9 Å². The standard InChI is InChI=1S/C18H25BrN4O3S/c1-18(2,3)26-17(25)23-9-8-12(11-23)10-20-16(27)22-21-15(24)13-4-6-14(19)7-5-13/h4-7,12H,8-11H2,1-3H3,(H,21,24)(H2,20,22,27)/t12-/m0/s1. The molecule has 3 N–H and O–H groups in total. The van der Waals surface area contributed by atoms with Gasteiger partial charge in [0.15, 0.2) is 5.11 Å². The van der Waals surface area contributed by atoms with Crippen LogP contribution in [0.1, 0.15) is 37.6 Å². The molecular weight excluding hydrogens is 432 g/mol. The Morgan fingerprint density at radius 2 is 1.93 bits per heavy atom. The van der Waals surface area contributed by atoms with Crippen LogP contribution >= 0.6 is 28.1 Å². The third-order valence-corrected chi connectivity index (χ3v) is 4.66. The molecule has 7 nitrogen and oxygen atoms in total. The van der Waals surface area contributed by atoms with E-state index in [1.54, 1.807) is 29.2 Å². The van der Waals surface area contributed by atoms with Crippen LogP contribution in [0.2, 0.25) is 0 Å². The summed E-state index contributed by atoms with van der Waals surface area (Å²) in [5, 5.41) is 3.40. The number of carbonyl (C=O) groups excluding carboxylic acids is 2. The van der Waals surface area contributed by atoms with Gasteiger partial charge in [-0.25, -0.2) is 4.79 Å². The molecule has 0 spiro atoms. The Morgan fingerprint density at radius 1 is 1.26 bits per heavy atom. The summed E-state index contributed by atoms with van der Waals surface area (Å²) in [6, 6.07) is 7.01. The fourth-order valence-electron chi connectivity index (χ4n) is 2.56. The Bertz CT molecular complexity index is 691. The average Bonchev–Trinajstić information content (AvgIpc) is 3.06. The minimum absolute atomic E-state index is 0.274. The van der Waals surface area contributed by atoms with E-state index in [2.05, 4.69) is 32.1 Å². The molecule has 0 saturated carbocycles. The van der Waals surface area contributed by atoms with Gasteiger partial charge in [-0.05, 0) is 69.6 Å². The number of hydrogen-bond donors (Lipinski definition) is 3. The molecule has 1 aromatic rings. The van der Waals surface area contributed by atoms with Crippen molar-refractivity contribution in [1.29, 1.82) is 0 Å². The van der Waals surface area contributed by atoms with E-state index < -0.39 is 5.60 Å². The molecule has 0 unspecified atom stereocenters. The molecular formula is C18H25BrN4O3S. The lowest BCUT2D eigenvalue weighted by Gasteiger charge is -2.24. The molecule has 27 heavy (non-hydrogen) atoms. The fourth-order valence-corrected chi connectivity index (χ4v) is 2.96. The van der Waals surface area contributed by atoms with Crippen molar-refractivity contribution in [2.75, 3.05) is 19.6 Å². The number of hydrogen-bond acceptors (Lipinski definition) is 4. The Labute approximate surface area is 173 Å². The predicted molar refractivity (Wildman–Crippen MR) is 111 cm³/mol. The molecule has 0 aromatic heterocycles. The van der Waals surface area contributed by atoms with Crippen LogP contribution in [0.4, 0.5) is 4.79 Å². The van der Waals surface area contributed by atoms with Crippen LogP contribution in [-0.4, -0.2) is 47.2 Å². The fraction of sp³-hybridized carbons (Fsp3) is 0.500. The van der Waals surface area contributed by atoms with E-state index in [-0.39, 0.29) is 17.9 Å². The maximum atomic E-state index is 12.1. The van der Waals surface area contributed by atoms with Crippen LogP contribution in [0, 0.1) is 5.92 Å². The van der Waals surface area contributed by atoms with E-state index in [9.17, 15) is 9.59 Å². The van der Waals surface area contributed by atoms with Gasteiger partial charge < -0.3 is 15.0 Å². The molecule has 1 heterocycles. The van der Waals surface area contributed by atoms with Gasteiger partial charge in [0, 0.05) is 29.7 Å². The van der Waals surface area contributed by atoms with Crippen molar-refractivity contribution in [2.45, 2.75) is 32.8 Å². The zero-order valence-electron chi connectivity index (χ0n) is 15.7. The zero-order chi connectivity index (χ0) is 20.0. The van der Waals surface area contributed by atoms with Gasteiger partial charge in [0.1, 0.15) is 5.60 Å². The molecule has 1 atom stereocenters. The molecule has 9 heteroatoms. The first kappa shape index (κ1) is 21.4. The number of benzene rings is 1. The minimum Gasteiger partial charge on any atom is -0.444 e. The highest BCUT2D eigenvalue weighted by molar-refractivity contribution is 9.10. The predicted octanol–water partition coefficient (Wildman–Crippen LogP) is 2.82. The van der Waals surface area contributed by atoms with Crippen LogP contribution in [0.25, 0.3) is 0 Å². The highest BCUT2D eigenvalue weighted by Crippen LogP contribution is 2.18. The molecule has 0 aliphatic carbocycles. The van der Waals surface area contributed by atoms with Crippen LogP contribution in [-0.2, 0) is 4.74 Å². The SMILES string of the molecule is CC(C)(C)OC(=O)N1CC[C@@H](CNC(=S)NNC(=O)c2ccc(Br)cc2)C1. The molecule has 0 radical (unpaired) electrons. The molecule has 1 fully saturated rings. The number of rotatable bonds is 3. The highest BCUT2D eigenvalue weighted by Gasteiger charge is 2.29. The Kier molecular flexibility index (Phi) is 7.43. The van der Waals surface area contributed by atoms with Gasteiger partial charge in [-0.2, -0.15) is 0 Å². The van der Waals surface area contributed by atoms with Crippen molar-refractivity contribution in [3.05, 3.63) is 34.3 Å². The van der Waals surface area contributed by atoms with E-state index >= 15 is 0 Å². The summed E-state index contributed by atoms with van der Waals surface area (Å²) in [7, 11) is 0. The summed E-state index contributed by atoms with van der Waals surface area (Å²) in [5.41, 5.74) is 5.27. The normalized spacial score (nSPS) is 16.6. The van der Waals surface area contributed by atoms with E-state index in [4.69, 9.17) is 17.0 Å². The molecule has 1 aliphatic heterocycles. The van der Waals surface area contributed by atoms with Crippen molar-refractivity contribution < 1.29 is 14.3 Å². The van der Waals surface area contributed by atoms with Crippen molar-refractivity contribution in [2.24, 2.45) is 5.92 Å². The number of likely N-dealkylation sites (tertiary alicyclic amines) is 1. The number of nitrogens with one attached hydrogen (secondary N) is 3. The molecule has 1 aliphatic rings. The number of ether oxygens (including phenoxy) is 1. The van der Waals surface area contributed by atoms with E-state index in [1.807, 2.05) is 20.8 Å². The van der Waals surface area contributed by atoms with Gasteiger partial charge in [-0.1, -0.05) is 15.9 Å². The van der Waals surface area contributed by atoms with Crippen LogP contribution in [0.15, 0.2) is 28.7 Å². The first-order chi connectivity index (χ1) is 12.6. The average molecular weight is 457 g/mol. The quantitative estimate of drug-likeness (QED) is 0.479. The van der Waals surface area contributed by atoms with Crippen LogP contribution in [0.3, 0.4) is 0 Å². The topological polar surface area (TPSA) is 82.7 Å². The van der Waals surface area contributed by atoms with E-state index in [0.29, 0.717) is 30.3 Å². The number of hydrazine groups is 1. The number of amides is 2. The number of carbonyl (C=O) groups is 2. The lowest BCUT2D eigenvalue weighted by molar-refractivity contribution is 0.0288. The summed E-state index contributed by atoms with van der Waals surface area (Å²) < 4.78 is 6.29. The molecule has 2 amide bonds. The second-order valence-corrected chi connectivity index (χ2v) is 8.70. The Hall–Kier alpha value is -1.87. The van der Waals surface area contributed by atoms with E-state index in [1.165, 1.54) is 0 Å². The lowest BCUT2D eigenvalue weighted by atomic mass is 10.1. The third kappa shape index (κ3) is 7.34. The van der Waals surface area contributed by atoms with Gasteiger partial charge >= 0.3 is 6.09 Å². The van der Waals surface area contributed by atoms with Crippen molar-refractivity contribution >= 4 is 45.3 Å². The van der Waals surface area contributed by atoms with Gasteiger partial charge in [0.2, 0.25) is 0 Å². The molecule has 1 saturated heterocycles. The second-order valence-electron chi connectivity index (χ2n) is 7.38. The minimum atomic E-state index is -0.494. The molecule has 1 aromatic carbocycles. The summed E-state index contributed by atoms with van der Waals surface area (Å²) in [5.74, 6) is 0.00283. The largest absolute Gasteiger partial charge is 0.444 e. The molecule has 2 rings (SSSR count). The number of thiocarbonyl (C=S) groups is 1. The van der Waals surface area contributed by atoms with Gasteiger partial charge in [-0.3, -0.25) is 15.6 Å². The first-order valence-electron chi connectivity index (χ1n) is 8.72. The van der Waals surface area contributed by atoms with Crippen molar-refractivity contribution in [3.8, 4) is 0 Å². The summed E-state index contributed by atoms with van der Waals surface area (Å²) in [4.78, 5) is 25.8. The lowest BCUT2D eigenvalue weighted by Crippen LogP contribution is -2.48. The Morgan fingerprint density at radius 3 is 2.56 bits per heavy atom. The molecule has 0 bridgehead atoms. The van der Waals surface area contributed by atoms with Crippen molar-refractivity contribution in [3.63, 3.8) is 0 Å². The zero-order valence-corrected chi connectivity index (χ0v) is 18.1. The van der Waals surface area contributed by atoms with Gasteiger partial charge in [0.25, 0.3) is 5.91 Å². The van der Waals surface area contributed by atoms with Crippen molar-refractivity contribution in [1.82, 2.24) is 21.1 Å². The Balaban J connectivity index is 1.68. The third-order valence-electron chi connectivity index (χ3n) is 3.88. The van der Waals surface area contributed by atoms with Crippen LogP contribution < -0.4 is 16.2 Å². The second kappa shape index (κ2) is 9.36. The van der Waals surface area contributed by atoms with Gasteiger partial charge in [0.05, 0.1) is 0 Å². The first-order valence-corrected chi connectivity index (χ1v) is 9.92. The number of nitrogens with zero attached hydrogens (tertiary/aromatic N) is 1.